The number of carboxylic acid groups (broad SMARTS) is 2. The lowest BCUT2D eigenvalue weighted by Crippen LogP contribution is -2.13. The molecule has 12 heteroatoms. The van der Waals surface area contributed by atoms with Crippen molar-refractivity contribution in [3.8, 4) is 17.2 Å². The maximum atomic E-state index is 15.6. The van der Waals surface area contributed by atoms with E-state index in [4.69, 9.17) is 24.4 Å². The lowest BCUT2D eigenvalue weighted by Gasteiger charge is -2.13. The topological polar surface area (TPSA) is 136 Å². The standard InChI is InChI=1S/C31H29FO9S2/c1-14(30(35)36)7-20(33)25-9-16-8-15(21(39-2)12-23(16)42-25)5-4-6-41-29-22(40-3)13-24-19(27(29)32)11-26(43-24)28(34)17-10-18(17)31(37)38/h8-9,11-14,17-18H,4-7,10H2,1-3H3,(H,35,36)(H,37,38)/t14-,17?,18?/m0/s1. The van der Waals surface area contributed by atoms with Gasteiger partial charge in [0.15, 0.2) is 28.9 Å². The van der Waals surface area contributed by atoms with E-state index in [1.807, 2.05) is 12.1 Å². The number of aryl methyl sites for hydroxylation is 1. The zero-order valence-electron chi connectivity index (χ0n) is 23.6. The van der Waals surface area contributed by atoms with Crippen LogP contribution in [0.1, 0.15) is 51.1 Å². The molecule has 1 saturated carbocycles. The quantitative estimate of drug-likeness (QED) is 0.119. The summed E-state index contributed by atoms with van der Waals surface area (Å²) in [5, 5.41) is 19.3. The molecular weight excluding hydrogens is 599 g/mol. The van der Waals surface area contributed by atoms with Gasteiger partial charge in [0.25, 0.3) is 0 Å². The molecule has 2 N–H and O–H groups in total. The van der Waals surface area contributed by atoms with Gasteiger partial charge >= 0.3 is 11.9 Å². The third-order valence-electron chi connectivity index (χ3n) is 7.53. The second-order valence-corrected chi connectivity index (χ2v) is 12.7. The first-order valence-corrected chi connectivity index (χ1v) is 15.2. The van der Waals surface area contributed by atoms with Crippen LogP contribution in [0.3, 0.4) is 0 Å². The highest BCUT2D eigenvalue weighted by atomic mass is 32.1. The van der Waals surface area contributed by atoms with Gasteiger partial charge in [0.05, 0.1) is 42.4 Å². The van der Waals surface area contributed by atoms with Gasteiger partial charge in [0.2, 0.25) is 0 Å². The molecule has 0 amide bonds. The lowest BCUT2D eigenvalue weighted by molar-refractivity contribution is -0.141. The third-order valence-corrected chi connectivity index (χ3v) is 9.77. The van der Waals surface area contributed by atoms with Crippen molar-refractivity contribution in [1.82, 2.24) is 0 Å². The summed E-state index contributed by atoms with van der Waals surface area (Å²) < 4.78 is 33.7. The lowest BCUT2D eigenvalue weighted by atomic mass is 10.0. The summed E-state index contributed by atoms with van der Waals surface area (Å²) in [6.07, 6.45) is 1.24. The van der Waals surface area contributed by atoms with E-state index in [2.05, 4.69) is 0 Å². The summed E-state index contributed by atoms with van der Waals surface area (Å²) in [7, 11) is 2.95. The predicted octanol–water partition coefficient (Wildman–Crippen LogP) is 6.48. The second-order valence-electron chi connectivity index (χ2n) is 10.5. The van der Waals surface area contributed by atoms with Crippen molar-refractivity contribution in [2.75, 3.05) is 20.8 Å². The number of rotatable bonds is 14. The van der Waals surface area contributed by atoms with Gasteiger partial charge in [0.1, 0.15) is 5.75 Å². The number of aliphatic carboxylic acids is 2. The Morgan fingerprint density at radius 3 is 2.30 bits per heavy atom. The first kappa shape index (κ1) is 30.4. The summed E-state index contributed by atoms with van der Waals surface area (Å²) in [5.74, 6) is -4.48. The number of hydrogen-bond donors (Lipinski definition) is 2. The first-order chi connectivity index (χ1) is 20.5. The maximum Gasteiger partial charge on any atom is 0.307 e. The van der Waals surface area contributed by atoms with Crippen molar-refractivity contribution in [3.63, 3.8) is 0 Å². The Morgan fingerprint density at radius 2 is 1.65 bits per heavy atom. The van der Waals surface area contributed by atoms with E-state index in [1.54, 1.807) is 19.2 Å². The van der Waals surface area contributed by atoms with E-state index in [0.29, 0.717) is 33.0 Å². The Hall–Kier alpha value is -4.03. The van der Waals surface area contributed by atoms with Crippen LogP contribution in [-0.4, -0.2) is 54.5 Å². The Balaban J connectivity index is 1.28. The highest BCUT2D eigenvalue weighted by Crippen LogP contribution is 2.45. The highest BCUT2D eigenvalue weighted by molar-refractivity contribution is 7.21. The number of hydrogen-bond acceptors (Lipinski definition) is 9. The molecule has 0 bridgehead atoms. The van der Waals surface area contributed by atoms with Crippen molar-refractivity contribution in [1.29, 1.82) is 0 Å². The largest absolute Gasteiger partial charge is 0.496 e. The van der Waals surface area contributed by atoms with Crippen molar-refractivity contribution in [2.24, 2.45) is 17.8 Å². The summed E-state index contributed by atoms with van der Waals surface area (Å²) in [6.45, 7) is 1.65. The fourth-order valence-corrected chi connectivity index (χ4v) is 7.10. The zero-order chi connectivity index (χ0) is 31.0. The second kappa shape index (κ2) is 12.3. The number of thiophene rings is 2. The van der Waals surface area contributed by atoms with Crippen LogP contribution in [0.5, 0.6) is 17.2 Å². The van der Waals surface area contributed by atoms with Gasteiger partial charge in [-0.25, -0.2) is 4.39 Å². The minimum Gasteiger partial charge on any atom is -0.496 e. The number of fused-ring (bicyclic) bond motifs is 2. The number of Topliss-reactive ketones (excluding diaryl/α,β-unsaturated/α-hetero) is 2. The van der Waals surface area contributed by atoms with Crippen LogP contribution >= 0.6 is 22.7 Å². The molecule has 2 heterocycles. The van der Waals surface area contributed by atoms with Crippen LogP contribution in [0.25, 0.3) is 20.2 Å². The molecule has 1 aliphatic rings. The first-order valence-electron chi connectivity index (χ1n) is 13.6. The average Bonchev–Trinajstić information content (AvgIpc) is 3.50. The van der Waals surface area contributed by atoms with E-state index in [-0.39, 0.29) is 47.9 Å². The number of ether oxygens (including phenoxy) is 3. The van der Waals surface area contributed by atoms with Gasteiger partial charge in [-0.05, 0) is 54.5 Å². The van der Waals surface area contributed by atoms with Crippen molar-refractivity contribution >= 4 is 66.4 Å². The molecule has 3 atom stereocenters. The molecule has 0 radical (unpaired) electrons. The van der Waals surface area contributed by atoms with Gasteiger partial charge in [-0.1, -0.05) is 6.92 Å². The fraction of sp³-hybridized carbons (Fsp3) is 0.355. The Labute approximate surface area is 253 Å². The molecule has 4 aromatic rings. The van der Waals surface area contributed by atoms with Crippen molar-refractivity contribution < 1.29 is 48.0 Å². The Morgan fingerprint density at radius 1 is 0.953 bits per heavy atom. The molecule has 1 aliphatic carbocycles. The highest BCUT2D eigenvalue weighted by Gasteiger charge is 2.48. The number of carbonyl (C=O) groups is 4. The number of methoxy groups -OCH3 is 2. The molecule has 43 heavy (non-hydrogen) atoms. The minimum absolute atomic E-state index is 0.0689. The van der Waals surface area contributed by atoms with E-state index in [1.165, 1.54) is 31.4 Å². The SMILES string of the molecule is COc1cc2sc(C(=O)C[C@H](C)C(=O)O)cc2cc1CCCOc1c(OC)cc2sc(C(=O)C3CC3C(=O)O)cc2c1F. The number of halogens is 1. The van der Waals surface area contributed by atoms with Gasteiger partial charge in [0, 0.05) is 33.2 Å². The molecule has 0 saturated heterocycles. The van der Waals surface area contributed by atoms with Crippen LogP contribution in [0, 0.1) is 23.6 Å². The predicted molar refractivity (Wildman–Crippen MR) is 160 cm³/mol. The summed E-state index contributed by atoms with van der Waals surface area (Å²) in [4.78, 5) is 48.4. The molecule has 226 valence electrons. The van der Waals surface area contributed by atoms with Crippen LogP contribution < -0.4 is 14.2 Å². The molecule has 5 rings (SSSR count). The van der Waals surface area contributed by atoms with E-state index in [9.17, 15) is 19.2 Å². The molecule has 1 fully saturated rings. The maximum absolute atomic E-state index is 15.6. The third kappa shape index (κ3) is 6.21. The van der Waals surface area contributed by atoms with E-state index in [0.717, 1.165) is 27.0 Å². The van der Waals surface area contributed by atoms with Gasteiger partial charge in [-0.15, -0.1) is 22.7 Å². The Bertz CT molecular complexity index is 1760. The average molecular weight is 629 g/mol. The van der Waals surface area contributed by atoms with Gasteiger partial charge in [-0.2, -0.15) is 0 Å². The monoisotopic (exact) mass is 628 g/mol. The smallest absolute Gasteiger partial charge is 0.307 e. The minimum atomic E-state index is -1.02. The van der Waals surface area contributed by atoms with Crippen LogP contribution in [-0.2, 0) is 16.0 Å². The van der Waals surface area contributed by atoms with E-state index >= 15 is 4.39 Å². The molecule has 9 nitrogen and oxygen atoms in total. The zero-order valence-corrected chi connectivity index (χ0v) is 25.2. The normalized spacial score (nSPS) is 16.7. The summed E-state index contributed by atoms with van der Waals surface area (Å²) >= 11 is 2.39. The Kier molecular flexibility index (Phi) is 8.70. The summed E-state index contributed by atoms with van der Waals surface area (Å²) in [6, 6.07) is 8.59. The van der Waals surface area contributed by atoms with E-state index < -0.39 is 35.5 Å². The number of carboxylic acids is 2. The number of ketones is 2. The molecule has 0 aliphatic heterocycles. The molecular formula is C31H29FO9S2. The molecule has 2 unspecified atom stereocenters. The number of carbonyl (C=O) groups excluding carboxylic acids is 2. The van der Waals surface area contributed by atoms with Crippen molar-refractivity contribution in [3.05, 3.63) is 51.5 Å². The van der Waals surface area contributed by atoms with Gasteiger partial charge in [-0.3, -0.25) is 19.2 Å². The summed E-state index contributed by atoms with van der Waals surface area (Å²) in [5.41, 5.74) is 0.873. The van der Waals surface area contributed by atoms with Gasteiger partial charge < -0.3 is 24.4 Å². The molecule has 0 spiro atoms. The fourth-order valence-electron chi connectivity index (χ4n) is 4.99. The van der Waals surface area contributed by atoms with Crippen molar-refractivity contribution in [2.45, 2.75) is 32.6 Å². The number of benzene rings is 2. The molecule has 2 aromatic carbocycles. The van der Waals surface area contributed by atoms with Crippen LogP contribution in [0.2, 0.25) is 0 Å². The molecule has 2 aromatic heterocycles. The van der Waals surface area contributed by atoms with Crippen LogP contribution in [0.15, 0.2) is 30.3 Å². The van der Waals surface area contributed by atoms with Crippen LogP contribution in [0.4, 0.5) is 4.39 Å².